The van der Waals surface area contributed by atoms with E-state index < -0.39 is 5.97 Å². The maximum absolute atomic E-state index is 11.4. The van der Waals surface area contributed by atoms with Crippen molar-refractivity contribution in [1.29, 1.82) is 0 Å². The van der Waals surface area contributed by atoms with Crippen LogP contribution in [0.3, 0.4) is 0 Å². The maximum atomic E-state index is 11.4. The van der Waals surface area contributed by atoms with Crippen molar-refractivity contribution < 1.29 is 14.3 Å². The molecule has 1 aliphatic heterocycles. The number of nitrogens with one attached hydrogen (secondary N) is 1. The molecule has 1 atom stereocenters. The van der Waals surface area contributed by atoms with Gasteiger partial charge in [0.25, 0.3) is 0 Å². The molecule has 6 heteroatoms. The molecule has 0 radical (unpaired) electrons. The number of methoxy groups -OCH3 is 1. The van der Waals surface area contributed by atoms with Crippen molar-refractivity contribution in [2.24, 2.45) is 0 Å². The Morgan fingerprint density at radius 3 is 3.00 bits per heavy atom. The molecular weight excluding hydrogens is 294 g/mol. The molecule has 0 saturated heterocycles. The average molecular weight is 302 g/mol. The van der Waals surface area contributed by atoms with Crippen LogP contribution in [0.2, 0.25) is 0 Å². The maximum Gasteiger partial charge on any atom is 0.337 e. The van der Waals surface area contributed by atoms with Crippen LogP contribution in [-0.4, -0.2) is 23.1 Å². The summed E-state index contributed by atoms with van der Waals surface area (Å²) in [5, 5.41) is 2.71. The Kier molecular flexibility index (Phi) is 3.20. The van der Waals surface area contributed by atoms with Gasteiger partial charge < -0.3 is 10.1 Å². The summed E-state index contributed by atoms with van der Waals surface area (Å²) in [4.78, 5) is 23.6. The number of carbonyl (C=O) groups is 2. The van der Waals surface area contributed by atoms with Gasteiger partial charge in [-0.05, 0) is 18.2 Å². The fourth-order valence-corrected chi connectivity index (χ4v) is 2.82. The van der Waals surface area contributed by atoms with Gasteiger partial charge in [0.15, 0.2) is 0 Å². The zero-order valence-corrected chi connectivity index (χ0v) is 10.7. The summed E-state index contributed by atoms with van der Waals surface area (Å²) in [6.07, 6.45) is 0. The highest BCUT2D eigenvalue weighted by Crippen LogP contribution is 2.38. The Bertz CT molecular complexity index is 463. The summed E-state index contributed by atoms with van der Waals surface area (Å²) in [5.41, 5.74) is 1.07. The monoisotopic (exact) mass is 301 g/mol. The molecule has 0 bridgehead atoms. The van der Waals surface area contributed by atoms with Crippen LogP contribution in [0.15, 0.2) is 23.1 Å². The highest BCUT2D eigenvalue weighted by Gasteiger charge is 2.25. The zero-order valence-electron chi connectivity index (χ0n) is 8.32. The highest BCUT2D eigenvalue weighted by atomic mass is 79.9. The Hall–Kier alpha value is -1.01. The average Bonchev–Trinajstić information content (AvgIpc) is 2.29. The Morgan fingerprint density at radius 1 is 1.56 bits per heavy atom. The molecule has 0 aliphatic carbocycles. The molecule has 1 unspecified atom stereocenters. The van der Waals surface area contributed by atoms with Crippen LogP contribution in [0.25, 0.3) is 0 Å². The van der Waals surface area contributed by atoms with E-state index in [1.807, 2.05) is 0 Å². The van der Waals surface area contributed by atoms with Gasteiger partial charge in [-0.15, -0.1) is 0 Å². The Balaban J connectivity index is 2.36. The van der Waals surface area contributed by atoms with Crippen LogP contribution >= 0.6 is 27.7 Å². The van der Waals surface area contributed by atoms with E-state index in [1.165, 1.54) is 18.9 Å². The van der Waals surface area contributed by atoms with Gasteiger partial charge in [-0.25, -0.2) is 4.79 Å². The minimum absolute atomic E-state index is 0.125. The smallest absolute Gasteiger partial charge is 0.337 e. The molecule has 0 spiro atoms. The number of halogens is 1. The number of hydrogen-bond donors (Lipinski definition) is 1. The van der Waals surface area contributed by atoms with Crippen LogP contribution in [0.4, 0.5) is 5.69 Å². The number of ether oxygens (including phenoxy) is 1. The molecule has 1 heterocycles. The van der Waals surface area contributed by atoms with Crippen molar-refractivity contribution in [1.82, 2.24) is 0 Å². The van der Waals surface area contributed by atoms with Gasteiger partial charge in [0.2, 0.25) is 5.91 Å². The fourth-order valence-electron chi connectivity index (χ4n) is 1.33. The summed E-state index contributed by atoms with van der Waals surface area (Å²) in [6.45, 7) is 0. The first-order chi connectivity index (χ1) is 7.61. The van der Waals surface area contributed by atoms with Crippen molar-refractivity contribution in [3.05, 3.63) is 23.8 Å². The first kappa shape index (κ1) is 11.5. The second kappa shape index (κ2) is 4.47. The van der Waals surface area contributed by atoms with Gasteiger partial charge in [-0.3, -0.25) is 4.79 Å². The van der Waals surface area contributed by atoms with Gasteiger partial charge in [0.05, 0.1) is 18.4 Å². The van der Waals surface area contributed by atoms with E-state index in [0.717, 1.165) is 4.90 Å². The third-order valence-electron chi connectivity index (χ3n) is 2.10. The lowest BCUT2D eigenvalue weighted by Gasteiger charge is -2.20. The van der Waals surface area contributed by atoms with Gasteiger partial charge in [0.1, 0.15) is 4.16 Å². The molecule has 4 nitrogen and oxygen atoms in total. The quantitative estimate of drug-likeness (QED) is 0.638. The summed E-state index contributed by atoms with van der Waals surface area (Å²) < 4.78 is 4.32. The van der Waals surface area contributed by atoms with Gasteiger partial charge >= 0.3 is 5.97 Å². The lowest BCUT2D eigenvalue weighted by molar-refractivity contribution is -0.114. The Morgan fingerprint density at radius 2 is 2.31 bits per heavy atom. The van der Waals surface area contributed by atoms with E-state index in [9.17, 15) is 9.59 Å². The lowest BCUT2D eigenvalue weighted by Crippen LogP contribution is -2.24. The number of anilines is 1. The van der Waals surface area contributed by atoms with E-state index >= 15 is 0 Å². The van der Waals surface area contributed by atoms with Crippen LogP contribution in [-0.2, 0) is 9.53 Å². The molecule has 2 rings (SSSR count). The van der Waals surface area contributed by atoms with Crippen molar-refractivity contribution in [2.75, 3.05) is 12.4 Å². The predicted octanol–water partition coefficient (Wildman–Crippen LogP) is 2.24. The van der Waals surface area contributed by atoms with Gasteiger partial charge in [-0.2, -0.15) is 0 Å². The molecule has 0 aromatic heterocycles. The van der Waals surface area contributed by atoms with E-state index in [1.54, 1.807) is 18.2 Å². The standard InChI is InChI=1S/C10H8BrNO3S/c1-15-10(14)5-2-3-7-6(4-5)12-9(13)8(11)16-7/h2-4,8H,1H3,(H,12,13). The molecule has 1 N–H and O–H groups in total. The third kappa shape index (κ3) is 2.08. The number of rotatable bonds is 1. The SMILES string of the molecule is COC(=O)c1ccc2c(c1)NC(=O)C(Br)S2. The topological polar surface area (TPSA) is 55.4 Å². The van der Waals surface area contributed by atoms with Crippen molar-refractivity contribution >= 4 is 45.3 Å². The number of amides is 1. The first-order valence-corrected chi connectivity index (χ1v) is 6.25. The van der Waals surface area contributed by atoms with E-state index in [2.05, 4.69) is 26.0 Å². The van der Waals surface area contributed by atoms with Crippen LogP contribution < -0.4 is 5.32 Å². The minimum Gasteiger partial charge on any atom is -0.465 e. The highest BCUT2D eigenvalue weighted by molar-refractivity contribution is 9.11. The second-order valence-electron chi connectivity index (χ2n) is 3.13. The molecule has 1 aromatic carbocycles. The van der Waals surface area contributed by atoms with Crippen LogP contribution in [0.1, 0.15) is 10.4 Å². The minimum atomic E-state index is -0.414. The Labute approximate surface area is 105 Å². The molecular formula is C10H8BrNO3S. The number of fused-ring (bicyclic) bond motifs is 1. The molecule has 84 valence electrons. The number of hydrogen-bond acceptors (Lipinski definition) is 4. The number of alkyl halides is 1. The zero-order chi connectivity index (χ0) is 11.7. The molecule has 0 saturated carbocycles. The van der Waals surface area contributed by atoms with Crippen molar-refractivity contribution in [3.63, 3.8) is 0 Å². The van der Waals surface area contributed by atoms with Crippen molar-refractivity contribution in [2.45, 2.75) is 9.05 Å². The molecule has 16 heavy (non-hydrogen) atoms. The third-order valence-corrected chi connectivity index (χ3v) is 4.10. The van der Waals surface area contributed by atoms with E-state index in [0.29, 0.717) is 11.3 Å². The van der Waals surface area contributed by atoms with Crippen LogP contribution in [0, 0.1) is 0 Å². The van der Waals surface area contributed by atoms with E-state index in [-0.39, 0.29) is 10.1 Å². The normalized spacial score (nSPS) is 18.6. The predicted molar refractivity (Wildman–Crippen MR) is 65.0 cm³/mol. The van der Waals surface area contributed by atoms with E-state index in [4.69, 9.17) is 0 Å². The second-order valence-corrected chi connectivity index (χ2v) is 5.79. The van der Waals surface area contributed by atoms with Crippen LogP contribution in [0.5, 0.6) is 0 Å². The lowest BCUT2D eigenvalue weighted by atomic mass is 10.2. The number of carbonyl (C=O) groups excluding carboxylic acids is 2. The number of benzene rings is 1. The van der Waals surface area contributed by atoms with Gasteiger partial charge in [0, 0.05) is 4.90 Å². The molecule has 0 fully saturated rings. The summed E-state index contributed by atoms with van der Waals surface area (Å²) in [6, 6.07) is 5.08. The molecule has 1 amide bonds. The fraction of sp³-hybridized carbons (Fsp3) is 0.200. The summed E-state index contributed by atoms with van der Waals surface area (Å²) in [5.74, 6) is -0.539. The summed E-state index contributed by atoms with van der Waals surface area (Å²) >= 11 is 4.64. The number of esters is 1. The van der Waals surface area contributed by atoms with Gasteiger partial charge in [-0.1, -0.05) is 27.7 Å². The van der Waals surface area contributed by atoms with Crippen molar-refractivity contribution in [3.8, 4) is 0 Å². The summed E-state index contributed by atoms with van der Waals surface area (Å²) in [7, 11) is 1.32. The molecule has 1 aliphatic rings. The largest absolute Gasteiger partial charge is 0.465 e. The first-order valence-electron chi connectivity index (χ1n) is 4.46. The number of thioether (sulfide) groups is 1. The molecule has 1 aromatic rings.